The predicted octanol–water partition coefficient (Wildman–Crippen LogP) is 15.1. The molecule has 2 aliphatic rings. The summed E-state index contributed by atoms with van der Waals surface area (Å²) in [7, 11) is 0. The molecule has 0 saturated carbocycles. The molecule has 0 heterocycles. The zero-order valence-electron chi connectivity index (χ0n) is 29.5. The van der Waals surface area contributed by atoms with Crippen molar-refractivity contribution in [3.05, 3.63) is 194 Å². The number of fused-ring (bicyclic) bond motifs is 7. The summed E-state index contributed by atoms with van der Waals surface area (Å²) in [6, 6.07) is 72.2. The quantitative estimate of drug-likeness (QED) is 0.174. The van der Waals surface area contributed by atoms with Crippen LogP contribution in [0.2, 0.25) is 0 Å². The van der Waals surface area contributed by atoms with Crippen LogP contribution >= 0.6 is 0 Å². The van der Waals surface area contributed by atoms with E-state index < -0.39 is 0 Å². The van der Waals surface area contributed by atoms with Crippen LogP contribution in [0.5, 0.6) is 0 Å². The molecule has 0 bridgehead atoms. The average Bonchev–Trinajstić information content (AvgIpc) is 3.75. The van der Waals surface area contributed by atoms with Crippen LogP contribution in [0.3, 0.4) is 0 Å². The minimum absolute atomic E-state index is 1.22. The maximum absolute atomic E-state index is 2.48. The van der Waals surface area contributed by atoms with Gasteiger partial charge >= 0.3 is 0 Å². The summed E-state index contributed by atoms with van der Waals surface area (Å²) in [5, 5.41) is 7.83. The van der Waals surface area contributed by atoms with E-state index in [4.69, 9.17) is 0 Å². The fraction of sp³-hybridized carbons (Fsp3) is 0. The highest BCUT2D eigenvalue weighted by atomic mass is 14.3. The van der Waals surface area contributed by atoms with Gasteiger partial charge in [-0.05, 0) is 140 Å². The number of rotatable bonds is 4. The van der Waals surface area contributed by atoms with Crippen molar-refractivity contribution in [1.29, 1.82) is 0 Å². The van der Waals surface area contributed by atoms with Crippen LogP contribution in [0.25, 0.3) is 121 Å². The van der Waals surface area contributed by atoms with Gasteiger partial charge in [0.2, 0.25) is 0 Å². The molecule has 10 aromatic rings. The second-order valence-electron chi connectivity index (χ2n) is 14.7. The first-order valence-corrected chi connectivity index (χ1v) is 18.9. The Labute approximate surface area is 314 Å². The van der Waals surface area contributed by atoms with Gasteiger partial charge in [-0.2, -0.15) is 0 Å². The highest BCUT2D eigenvalue weighted by Crippen LogP contribution is 2.58. The van der Waals surface area contributed by atoms with Crippen molar-refractivity contribution < 1.29 is 0 Å². The van der Waals surface area contributed by atoms with Crippen LogP contribution < -0.4 is 0 Å². The maximum atomic E-state index is 2.48. The molecule has 0 unspecified atom stereocenters. The Morgan fingerprint density at radius 1 is 0.204 bits per heavy atom. The van der Waals surface area contributed by atoms with Gasteiger partial charge in [0.15, 0.2) is 0 Å². The van der Waals surface area contributed by atoms with Gasteiger partial charge in [0.25, 0.3) is 0 Å². The Hall–Kier alpha value is -7.02. The van der Waals surface area contributed by atoms with Crippen molar-refractivity contribution in [3.8, 4) is 89.0 Å². The Balaban J connectivity index is 1.21. The number of hydrogen-bond donors (Lipinski definition) is 0. The van der Waals surface area contributed by atoms with Gasteiger partial charge in [0, 0.05) is 0 Å². The van der Waals surface area contributed by atoms with Crippen molar-refractivity contribution in [2.24, 2.45) is 0 Å². The fourth-order valence-corrected chi connectivity index (χ4v) is 9.68. The summed E-state index contributed by atoms with van der Waals surface area (Å²) in [4.78, 5) is 0. The molecule has 0 atom stereocenters. The third kappa shape index (κ3) is 4.08. The van der Waals surface area contributed by atoms with E-state index in [1.54, 1.807) is 0 Å². The van der Waals surface area contributed by atoms with Gasteiger partial charge in [-0.25, -0.2) is 0 Å². The van der Waals surface area contributed by atoms with Gasteiger partial charge in [0.05, 0.1) is 0 Å². The summed E-state index contributed by atoms with van der Waals surface area (Å²) in [6.07, 6.45) is 0. The minimum Gasteiger partial charge on any atom is -0.0622 e. The summed E-state index contributed by atoms with van der Waals surface area (Å²) in [6.45, 7) is 0. The number of hydrogen-bond acceptors (Lipinski definition) is 0. The van der Waals surface area contributed by atoms with Gasteiger partial charge < -0.3 is 0 Å². The normalized spacial score (nSPS) is 12.1. The van der Waals surface area contributed by atoms with Crippen molar-refractivity contribution >= 4 is 32.3 Å². The topological polar surface area (TPSA) is 0 Å². The molecule has 2 aliphatic carbocycles. The zero-order valence-corrected chi connectivity index (χ0v) is 29.5. The monoisotopic (exact) mass is 680 g/mol. The highest BCUT2D eigenvalue weighted by Gasteiger charge is 2.31. The van der Waals surface area contributed by atoms with Gasteiger partial charge in [-0.15, -0.1) is 0 Å². The Bertz CT molecular complexity index is 3170. The molecule has 0 spiro atoms. The number of benzene rings is 10. The van der Waals surface area contributed by atoms with Crippen LogP contribution in [0, 0.1) is 0 Å². The largest absolute Gasteiger partial charge is 0.0622 e. The average molecular weight is 681 g/mol. The van der Waals surface area contributed by atoms with E-state index >= 15 is 0 Å². The fourth-order valence-electron chi connectivity index (χ4n) is 9.68. The minimum atomic E-state index is 1.22. The molecule has 54 heavy (non-hydrogen) atoms. The van der Waals surface area contributed by atoms with E-state index in [9.17, 15) is 0 Å². The SMILES string of the molecule is c1ccc(-c2c3c(c(-c4ccccc4)c4cc(-c5cc6c7c(ccc(-c8ccccc8)c7c5)-c5ccccc5-6)ccc24)-c2cccc4cccc-3c24)cc1. The summed E-state index contributed by atoms with van der Waals surface area (Å²) < 4.78 is 0. The van der Waals surface area contributed by atoms with E-state index in [2.05, 4.69) is 194 Å². The van der Waals surface area contributed by atoms with E-state index in [0.717, 1.165) is 0 Å². The molecular formula is C54H32. The molecular weight excluding hydrogens is 649 g/mol. The standard InChI is InChI=1S/C54H32/c1-4-14-33(15-5-1)39-28-29-42-40-22-10-11-23-41(40)47-32-38(31-46(39)52(42)47)37-26-27-43-48(30-37)51(36-18-8-3-9-19-36)54-45-25-13-21-34-20-12-24-44(49(34)45)53(54)50(43)35-16-6-2-7-17-35/h1-32H. The first kappa shape index (κ1) is 29.5. The van der Waals surface area contributed by atoms with E-state index in [-0.39, 0.29) is 0 Å². The Morgan fingerprint density at radius 3 is 1.37 bits per heavy atom. The van der Waals surface area contributed by atoms with Crippen LogP contribution in [0.4, 0.5) is 0 Å². The Morgan fingerprint density at radius 2 is 0.722 bits per heavy atom. The molecule has 0 fully saturated rings. The highest BCUT2D eigenvalue weighted by molar-refractivity contribution is 6.28. The van der Waals surface area contributed by atoms with E-state index in [1.807, 2.05) is 0 Å². The lowest BCUT2D eigenvalue weighted by Gasteiger charge is -2.21. The van der Waals surface area contributed by atoms with Crippen molar-refractivity contribution in [2.75, 3.05) is 0 Å². The van der Waals surface area contributed by atoms with Crippen LogP contribution in [-0.4, -0.2) is 0 Å². The zero-order chi connectivity index (χ0) is 35.3. The predicted molar refractivity (Wildman–Crippen MR) is 230 cm³/mol. The molecule has 0 aliphatic heterocycles. The molecule has 0 heteroatoms. The molecule has 0 radical (unpaired) electrons. The summed E-state index contributed by atoms with van der Waals surface area (Å²) in [5.74, 6) is 0. The third-order valence-electron chi connectivity index (χ3n) is 11.9. The molecule has 12 rings (SSSR count). The summed E-state index contributed by atoms with van der Waals surface area (Å²) in [5.41, 5.74) is 20.6. The smallest absolute Gasteiger partial charge is 0.000741 e. The molecule has 0 aromatic heterocycles. The summed E-state index contributed by atoms with van der Waals surface area (Å²) >= 11 is 0. The maximum Gasteiger partial charge on any atom is -0.000741 e. The second kappa shape index (κ2) is 11.2. The van der Waals surface area contributed by atoms with Crippen LogP contribution in [-0.2, 0) is 0 Å². The van der Waals surface area contributed by atoms with Gasteiger partial charge in [-0.3, -0.25) is 0 Å². The lowest BCUT2D eigenvalue weighted by atomic mass is 9.81. The van der Waals surface area contributed by atoms with Crippen LogP contribution in [0.1, 0.15) is 0 Å². The van der Waals surface area contributed by atoms with Gasteiger partial charge in [0.1, 0.15) is 0 Å². The first-order valence-electron chi connectivity index (χ1n) is 18.9. The first-order chi connectivity index (χ1) is 26.8. The molecule has 248 valence electrons. The van der Waals surface area contributed by atoms with Crippen LogP contribution in [0.15, 0.2) is 194 Å². The van der Waals surface area contributed by atoms with Crippen molar-refractivity contribution in [3.63, 3.8) is 0 Å². The molecule has 0 amide bonds. The van der Waals surface area contributed by atoms with Gasteiger partial charge in [-0.1, -0.05) is 176 Å². The third-order valence-corrected chi connectivity index (χ3v) is 11.9. The molecule has 10 aromatic carbocycles. The van der Waals surface area contributed by atoms with E-state index in [1.165, 1.54) is 121 Å². The molecule has 0 nitrogen and oxygen atoms in total. The van der Waals surface area contributed by atoms with Crippen molar-refractivity contribution in [2.45, 2.75) is 0 Å². The lowest BCUT2D eigenvalue weighted by Crippen LogP contribution is -1.94. The molecule has 0 saturated heterocycles. The lowest BCUT2D eigenvalue weighted by molar-refractivity contribution is 1.61. The van der Waals surface area contributed by atoms with Crippen molar-refractivity contribution in [1.82, 2.24) is 0 Å². The second-order valence-corrected chi connectivity index (χ2v) is 14.7. The Kier molecular flexibility index (Phi) is 6.15. The van der Waals surface area contributed by atoms with E-state index in [0.29, 0.717) is 0 Å². The molecule has 0 N–H and O–H groups in total.